The highest BCUT2D eigenvalue weighted by molar-refractivity contribution is 4.79. The first-order valence-electron chi connectivity index (χ1n) is 4.99. The Morgan fingerprint density at radius 1 is 1.09 bits per heavy atom. The van der Waals surface area contributed by atoms with Crippen molar-refractivity contribution in [2.24, 2.45) is 0 Å². The molecule has 1 heteroatoms. The van der Waals surface area contributed by atoms with Gasteiger partial charge in [0, 0.05) is 0 Å². The highest BCUT2D eigenvalue weighted by Gasteiger charge is 2.26. The van der Waals surface area contributed by atoms with Crippen LogP contribution < -0.4 is 0 Å². The van der Waals surface area contributed by atoms with Gasteiger partial charge in [-0.2, -0.15) is 0 Å². The van der Waals surface area contributed by atoms with Crippen molar-refractivity contribution in [2.75, 3.05) is 0 Å². The van der Waals surface area contributed by atoms with Gasteiger partial charge >= 0.3 is 0 Å². The molecule has 1 N–H and O–H groups in total. The Kier molecular flexibility index (Phi) is 3.38. The minimum absolute atomic E-state index is 0.286. The molecule has 0 amide bonds. The molecule has 0 atom stereocenters. The van der Waals surface area contributed by atoms with Crippen LogP contribution in [0.3, 0.4) is 0 Å². The molecule has 0 bridgehead atoms. The van der Waals surface area contributed by atoms with Gasteiger partial charge in [0.1, 0.15) is 0 Å². The summed E-state index contributed by atoms with van der Waals surface area (Å²) in [6, 6.07) is 0. The second-order valence-corrected chi connectivity index (χ2v) is 3.89. The molecule has 1 saturated carbocycles. The monoisotopic (exact) mass is 156 g/mol. The van der Waals surface area contributed by atoms with E-state index in [2.05, 4.69) is 6.92 Å². The SMILES string of the molecule is CCCC1(O)CCCCCC1. The first kappa shape index (κ1) is 9.05. The van der Waals surface area contributed by atoms with Crippen molar-refractivity contribution < 1.29 is 5.11 Å². The maximum absolute atomic E-state index is 10.1. The Labute approximate surface area is 69.8 Å². The van der Waals surface area contributed by atoms with E-state index < -0.39 is 0 Å². The fourth-order valence-electron chi connectivity index (χ4n) is 2.10. The molecule has 1 aliphatic carbocycles. The van der Waals surface area contributed by atoms with Gasteiger partial charge in [-0.1, -0.05) is 39.0 Å². The maximum Gasteiger partial charge on any atom is 0.0647 e. The molecule has 1 aliphatic rings. The minimum Gasteiger partial charge on any atom is -0.390 e. The van der Waals surface area contributed by atoms with Crippen LogP contribution in [0.1, 0.15) is 58.3 Å². The first-order chi connectivity index (χ1) is 5.27. The lowest BCUT2D eigenvalue weighted by molar-refractivity contribution is 0.0158. The zero-order chi connectivity index (χ0) is 8.16. The minimum atomic E-state index is -0.286. The lowest BCUT2D eigenvalue weighted by atomic mass is 9.90. The van der Waals surface area contributed by atoms with Crippen LogP contribution in [-0.4, -0.2) is 10.7 Å². The molecule has 0 spiro atoms. The summed E-state index contributed by atoms with van der Waals surface area (Å²) in [6.07, 6.45) is 9.33. The van der Waals surface area contributed by atoms with Crippen molar-refractivity contribution in [2.45, 2.75) is 63.9 Å². The Hall–Kier alpha value is -0.0400. The van der Waals surface area contributed by atoms with E-state index in [-0.39, 0.29) is 5.60 Å². The average Bonchev–Trinajstić information content (AvgIpc) is 2.15. The third-order valence-corrected chi connectivity index (χ3v) is 2.75. The molecular weight excluding hydrogens is 136 g/mol. The Morgan fingerprint density at radius 3 is 2.09 bits per heavy atom. The summed E-state index contributed by atoms with van der Waals surface area (Å²) in [7, 11) is 0. The third-order valence-electron chi connectivity index (χ3n) is 2.75. The fourth-order valence-corrected chi connectivity index (χ4v) is 2.10. The second kappa shape index (κ2) is 4.10. The van der Waals surface area contributed by atoms with Gasteiger partial charge in [0.2, 0.25) is 0 Å². The second-order valence-electron chi connectivity index (χ2n) is 3.89. The van der Waals surface area contributed by atoms with Gasteiger partial charge < -0.3 is 5.11 Å². The number of hydrogen-bond donors (Lipinski definition) is 1. The molecule has 0 heterocycles. The molecule has 0 saturated heterocycles. The summed E-state index contributed by atoms with van der Waals surface area (Å²) in [5.74, 6) is 0. The first-order valence-corrected chi connectivity index (χ1v) is 4.99. The summed E-state index contributed by atoms with van der Waals surface area (Å²) in [6.45, 7) is 2.16. The largest absolute Gasteiger partial charge is 0.390 e. The van der Waals surface area contributed by atoms with Gasteiger partial charge in [-0.05, 0) is 19.3 Å². The number of aliphatic hydroxyl groups is 1. The average molecular weight is 156 g/mol. The van der Waals surface area contributed by atoms with Crippen LogP contribution in [0, 0.1) is 0 Å². The fraction of sp³-hybridized carbons (Fsp3) is 1.00. The van der Waals surface area contributed by atoms with Crippen LogP contribution in [0.5, 0.6) is 0 Å². The van der Waals surface area contributed by atoms with Gasteiger partial charge in [-0.15, -0.1) is 0 Å². The predicted octanol–water partition coefficient (Wildman–Crippen LogP) is 2.87. The highest BCUT2D eigenvalue weighted by atomic mass is 16.3. The molecular formula is C10H20O. The molecule has 0 aromatic rings. The van der Waals surface area contributed by atoms with Crippen molar-refractivity contribution in [1.29, 1.82) is 0 Å². The van der Waals surface area contributed by atoms with Crippen LogP contribution in [0.2, 0.25) is 0 Å². The lowest BCUT2D eigenvalue weighted by Crippen LogP contribution is -2.27. The molecule has 1 nitrogen and oxygen atoms in total. The van der Waals surface area contributed by atoms with E-state index in [4.69, 9.17) is 0 Å². The van der Waals surface area contributed by atoms with Crippen LogP contribution >= 0.6 is 0 Å². The Bertz CT molecular complexity index is 101. The van der Waals surface area contributed by atoms with Crippen LogP contribution in [0.4, 0.5) is 0 Å². The Morgan fingerprint density at radius 2 is 1.64 bits per heavy atom. The van der Waals surface area contributed by atoms with Gasteiger partial charge in [0.05, 0.1) is 5.60 Å². The van der Waals surface area contributed by atoms with Crippen molar-refractivity contribution >= 4 is 0 Å². The standard InChI is InChI=1S/C10H20O/c1-2-7-10(11)8-5-3-4-6-9-10/h11H,2-9H2,1H3. The molecule has 0 aromatic carbocycles. The van der Waals surface area contributed by atoms with E-state index in [0.29, 0.717) is 0 Å². The summed E-state index contributed by atoms with van der Waals surface area (Å²) in [5.41, 5.74) is -0.286. The van der Waals surface area contributed by atoms with Crippen molar-refractivity contribution in [3.8, 4) is 0 Å². The van der Waals surface area contributed by atoms with Crippen molar-refractivity contribution in [3.05, 3.63) is 0 Å². The van der Waals surface area contributed by atoms with E-state index in [0.717, 1.165) is 25.7 Å². The maximum atomic E-state index is 10.1. The summed E-state index contributed by atoms with van der Waals surface area (Å²) >= 11 is 0. The zero-order valence-corrected chi connectivity index (χ0v) is 7.60. The van der Waals surface area contributed by atoms with E-state index in [1.807, 2.05) is 0 Å². The lowest BCUT2D eigenvalue weighted by Gasteiger charge is -2.25. The number of hydrogen-bond acceptors (Lipinski definition) is 1. The quantitative estimate of drug-likeness (QED) is 0.609. The smallest absolute Gasteiger partial charge is 0.0647 e. The molecule has 11 heavy (non-hydrogen) atoms. The van der Waals surface area contributed by atoms with Crippen LogP contribution in [-0.2, 0) is 0 Å². The van der Waals surface area contributed by atoms with E-state index in [9.17, 15) is 5.11 Å². The third kappa shape index (κ3) is 2.82. The van der Waals surface area contributed by atoms with Crippen molar-refractivity contribution in [3.63, 3.8) is 0 Å². The highest BCUT2D eigenvalue weighted by Crippen LogP contribution is 2.30. The topological polar surface area (TPSA) is 20.2 Å². The molecule has 1 fully saturated rings. The van der Waals surface area contributed by atoms with E-state index >= 15 is 0 Å². The van der Waals surface area contributed by atoms with Crippen LogP contribution in [0.25, 0.3) is 0 Å². The molecule has 0 aliphatic heterocycles. The number of rotatable bonds is 2. The van der Waals surface area contributed by atoms with Crippen LogP contribution in [0.15, 0.2) is 0 Å². The van der Waals surface area contributed by atoms with Gasteiger partial charge in [0.25, 0.3) is 0 Å². The van der Waals surface area contributed by atoms with Gasteiger partial charge in [-0.25, -0.2) is 0 Å². The Balaban J connectivity index is 2.38. The zero-order valence-electron chi connectivity index (χ0n) is 7.60. The van der Waals surface area contributed by atoms with Gasteiger partial charge in [-0.3, -0.25) is 0 Å². The summed E-state index contributed by atoms with van der Waals surface area (Å²) < 4.78 is 0. The predicted molar refractivity (Wildman–Crippen MR) is 47.6 cm³/mol. The molecule has 0 radical (unpaired) electrons. The molecule has 66 valence electrons. The van der Waals surface area contributed by atoms with E-state index in [1.54, 1.807) is 0 Å². The van der Waals surface area contributed by atoms with Crippen molar-refractivity contribution in [1.82, 2.24) is 0 Å². The molecule has 1 rings (SSSR count). The van der Waals surface area contributed by atoms with E-state index in [1.165, 1.54) is 25.7 Å². The molecule has 0 aromatic heterocycles. The molecule has 0 unspecified atom stereocenters. The summed E-state index contributed by atoms with van der Waals surface area (Å²) in [5, 5.41) is 10.1. The van der Waals surface area contributed by atoms with Gasteiger partial charge in [0.15, 0.2) is 0 Å². The normalized spacial score (nSPS) is 24.5. The summed E-state index contributed by atoms with van der Waals surface area (Å²) in [4.78, 5) is 0.